The fourth-order valence-electron chi connectivity index (χ4n) is 3.85. The Hall–Kier alpha value is -2.74. The lowest BCUT2D eigenvalue weighted by atomic mass is 9.98. The first-order valence-electron chi connectivity index (χ1n) is 9.52. The van der Waals surface area contributed by atoms with Crippen LogP contribution in [0.3, 0.4) is 0 Å². The highest BCUT2D eigenvalue weighted by atomic mass is 32.1. The van der Waals surface area contributed by atoms with Crippen LogP contribution in [0.25, 0.3) is 11.3 Å². The van der Waals surface area contributed by atoms with Crippen molar-refractivity contribution in [2.75, 3.05) is 11.9 Å². The van der Waals surface area contributed by atoms with Crippen LogP contribution in [0.4, 0.5) is 9.93 Å². The molecule has 28 heavy (non-hydrogen) atoms. The van der Waals surface area contributed by atoms with Gasteiger partial charge in [-0.3, -0.25) is 14.5 Å². The molecule has 0 unspecified atom stereocenters. The van der Waals surface area contributed by atoms with Gasteiger partial charge >= 0.3 is 6.03 Å². The molecule has 1 aliphatic heterocycles. The Morgan fingerprint density at radius 3 is 2.71 bits per heavy atom. The summed E-state index contributed by atoms with van der Waals surface area (Å²) < 4.78 is 0. The molecule has 1 saturated carbocycles. The molecule has 7 nitrogen and oxygen atoms in total. The molecule has 2 heterocycles. The zero-order chi connectivity index (χ0) is 19.6. The second kappa shape index (κ2) is 7.71. The standard InChI is InChI=1S/C20H22N4O3S/c25-16(22-18-21-15(13-28-18)14-7-2-1-3-8-14)9-6-12-24-17(26)20(23-19(24)27)10-4-5-11-20/h1-3,7-8,13H,4-6,9-12H2,(H,23,27)(H,21,22,25). The minimum atomic E-state index is -0.686. The van der Waals surface area contributed by atoms with Gasteiger partial charge in [0.15, 0.2) is 5.13 Å². The molecule has 146 valence electrons. The van der Waals surface area contributed by atoms with Gasteiger partial charge in [0.2, 0.25) is 5.91 Å². The SMILES string of the molecule is O=C(CCCN1C(=O)NC2(CCCC2)C1=O)Nc1nc(-c2ccccc2)cs1. The number of nitrogens with zero attached hydrogens (tertiary/aromatic N) is 2. The van der Waals surface area contributed by atoms with Gasteiger partial charge in [-0.2, -0.15) is 0 Å². The molecule has 0 radical (unpaired) electrons. The summed E-state index contributed by atoms with van der Waals surface area (Å²) in [4.78, 5) is 42.6. The summed E-state index contributed by atoms with van der Waals surface area (Å²) in [6.07, 6.45) is 4.00. The highest BCUT2D eigenvalue weighted by Gasteiger charge is 2.51. The van der Waals surface area contributed by atoms with Crippen LogP contribution in [-0.2, 0) is 9.59 Å². The van der Waals surface area contributed by atoms with Crippen LogP contribution in [-0.4, -0.2) is 39.8 Å². The van der Waals surface area contributed by atoms with Crippen molar-refractivity contribution in [3.63, 3.8) is 0 Å². The van der Waals surface area contributed by atoms with Crippen LogP contribution >= 0.6 is 11.3 Å². The van der Waals surface area contributed by atoms with E-state index in [4.69, 9.17) is 0 Å². The van der Waals surface area contributed by atoms with Crippen LogP contribution in [0, 0.1) is 0 Å². The monoisotopic (exact) mass is 398 g/mol. The molecule has 1 saturated heterocycles. The molecule has 2 aliphatic rings. The lowest BCUT2D eigenvalue weighted by Gasteiger charge is -2.19. The number of amides is 4. The summed E-state index contributed by atoms with van der Waals surface area (Å²) in [5.74, 6) is -0.306. The molecule has 0 atom stereocenters. The van der Waals surface area contributed by atoms with Gasteiger partial charge in [0.05, 0.1) is 5.69 Å². The summed E-state index contributed by atoms with van der Waals surface area (Å²) in [7, 11) is 0. The maximum atomic E-state index is 12.6. The van der Waals surface area contributed by atoms with E-state index in [9.17, 15) is 14.4 Å². The first-order valence-corrected chi connectivity index (χ1v) is 10.4. The van der Waals surface area contributed by atoms with Crippen LogP contribution in [0.5, 0.6) is 0 Å². The molecule has 4 rings (SSSR count). The minimum absolute atomic E-state index is 0.136. The van der Waals surface area contributed by atoms with Crippen molar-refractivity contribution in [3.05, 3.63) is 35.7 Å². The van der Waals surface area contributed by atoms with E-state index < -0.39 is 5.54 Å². The van der Waals surface area contributed by atoms with Crippen molar-refractivity contribution < 1.29 is 14.4 Å². The second-order valence-corrected chi connectivity index (χ2v) is 8.09. The molecular formula is C20H22N4O3S. The van der Waals surface area contributed by atoms with Gasteiger partial charge in [0.25, 0.3) is 5.91 Å². The fraction of sp³-hybridized carbons (Fsp3) is 0.400. The van der Waals surface area contributed by atoms with Gasteiger partial charge in [-0.25, -0.2) is 9.78 Å². The van der Waals surface area contributed by atoms with Crippen molar-refractivity contribution >= 4 is 34.3 Å². The number of benzene rings is 1. The number of hydrogen-bond acceptors (Lipinski definition) is 5. The van der Waals surface area contributed by atoms with Crippen molar-refractivity contribution in [1.82, 2.24) is 15.2 Å². The van der Waals surface area contributed by atoms with Crippen LogP contribution in [0.1, 0.15) is 38.5 Å². The van der Waals surface area contributed by atoms with Crippen LogP contribution in [0.15, 0.2) is 35.7 Å². The molecule has 2 N–H and O–H groups in total. The average molecular weight is 398 g/mol. The Morgan fingerprint density at radius 1 is 1.21 bits per heavy atom. The van der Waals surface area contributed by atoms with Crippen molar-refractivity contribution in [3.8, 4) is 11.3 Å². The first kappa shape index (κ1) is 18.6. The van der Waals surface area contributed by atoms with E-state index in [-0.39, 0.29) is 30.8 Å². The van der Waals surface area contributed by atoms with E-state index in [2.05, 4.69) is 15.6 Å². The number of imide groups is 1. The number of thiazole rings is 1. The number of nitrogens with one attached hydrogen (secondary N) is 2. The molecule has 2 aromatic rings. The average Bonchev–Trinajstić information content (AvgIpc) is 3.40. The number of rotatable bonds is 6. The Labute approximate surface area is 167 Å². The molecule has 1 aliphatic carbocycles. The van der Waals surface area contributed by atoms with E-state index >= 15 is 0 Å². The quantitative estimate of drug-likeness (QED) is 0.730. The Balaban J connectivity index is 1.27. The predicted octanol–water partition coefficient (Wildman–Crippen LogP) is 3.39. The molecule has 1 aromatic heterocycles. The van der Waals surface area contributed by atoms with Crippen molar-refractivity contribution in [1.29, 1.82) is 0 Å². The van der Waals surface area contributed by atoms with Gasteiger partial charge < -0.3 is 10.6 Å². The second-order valence-electron chi connectivity index (χ2n) is 7.23. The lowest BCUT2D eigenvalue weighted by molar-refractivity contribution is -0.131. The van der Waals surface area contributed by atoms with Gasteiger partial charge in [-0.05, 0) is 19.3 Å². The normalized spacial score (nSPS) is 17.9. The summed E-state index contributed by atoms with van der Waals surface area (Å²) in [6, 6.07) is 9.43. The molecular weight excluding hydrogens is 376 g/mol. The highest BCUT2D eigenvalue weighted by Crippen LogP contribution is 2.35. The third-order valence-electron chi connectivity index (χ3n) is 5.31. The van der Waals surface area contributed by atoms with Crippen molar-refractivity contribution in [2.24, 2.45) is 0 Å². The fourth-order valence-corrected chi connectivity index (χ4v) is 4.58. The molecule has 8 heteroatoms. The Bertz CT molecular complexity index is 890. The zero-order valence-electron chi connectivity index (χ0n) is 15.4. The van der Waals surface area contributed by atoms with E-state index in [1.165, 1.54) is 16.2 Å². The third-order valence-corrected chi connectivity index (χ3v) is 6.07. The predicted molar refractivity (Wildman–Crippen MR) is 107 cm³/mol. The molecule has 2 fully saturated rings. The lowest BCUT2D eigenvalue weighted by Crippen LogP contribution is -2.44. The number of carbonyl (C=O) groups excluding carboxylic acids is 3. The smallest absolute Gasteiger partial charge is 0.323 e. The number of anilines is 1. The molecule has 0 bridgehead atoms. The number of urea groups is 1. The highest BCUT2D eigenvalue weighted by molar-refractivity contribution is 7.14. The minimum Gasteiger partial charge on any atom is -0.323 e. The maximum Gasteiger partial charge on any atom is 0.325 e. The summed E-state index contributed by atoms with van der Waals surface area (Å²) in [5.41, 5.74) is 1.13. The topological polar surface area (TPSA) is 91.4 Å². The third kappa shape index (κ3) is 3.64. The largest absolute Gasteiger partial charge is 0.325 e. The van der Waals surface area contributed by atoms with Gasteiger partial charge in [-0.15, -0.1) is 11.3 Å². The number of carbonyl (C=O) groups is 3. The van der Waals surface area contributed by atoms with Crippen LogP contribution < -0.4 is 10.6 Å². The Morgan fingerprint density at radius 2 is 1.96 bits per heavy atom. The molecule has 1 spiro atoms. The van der Waals surface area contributed by atoms with E-state index in [1.54, 1.807) is 0 Å². The maximum absolute atomic E-state index is 12.6. The summed E-state index contributed by atoms with van der Waals surface area (Å²) in [6.45, 7) is 0.257. The number of aromatic nitrogens is 1. The van der Waals surface area contributed by atoms with Gasteiger partial charge in [0.1, 0.15) is 5.54 Å². The summed E-state index contributed by atoms with van der Waals surface area (Å²) in [5, 5.41) is 8.09. The molecule has 4 amide bonds. The summed E-state index contributed by atoms with van der Waals surface area (Å²) >= 11 is 1.37. The van der Waals surface area contributed by atoms with E-state index in [1.807, 2.05) is 35.7 Å². The first-order chi connectivity index (χ1) is 13.6. The number of hydrogen-bond donors (Lipinski definition) is 2. The Kier molecular flexibility index (Phi) is 5.13. The zero-order valence-corrected chi connectivity index (χ0v) is 16.3. The van der Waals surface area contributed by atoms with E-state index in [0.29, 0.717) is 24.4 Å². The van der Waals surface area contributed by atoms with Crippen LogP contribution in [0.2, 0.25) is 0 Å². The molecule has 1 aromatic carbocycles. The van der Waals surface area contributed by atoms with Gasteiger partial charge in [0, 0.05) is 23.9 Å². The van der Waals surface area contributed by atoms with E-state index in [0.717, 1.165) is 24.1 Å². The van der Waals surface area contributed by atoms with Gasteiger partial charge in [-0.1, -0.05) is 43.2 Å². The van der Waals surface area contributed by atoms with Crippen molar-refractivity contribution in [2.45, 2.75) is 44.1 Å².